The maximum absolute atomic E-state index is 10.8. The molecule has 2 aromatic rings. The normalized spacial score (nSPS) is 10.2. The fraction of sp³-hybridized carbons (Fsp3) is 0. The lowest BCUT2D eigenvalue weighted by Gasteiger charge is -1.97. The van der Waals surface area contributed by atoms with Crippen LogP contribution in [0.25, 0.3) is 10.9 Å². The van der Waals surface area contributed by atoms with Gasteiger partial charge in [0.15, 0.2) is 0 Å². The topological polar surface area (TPSA) is 56.0 Å². The fourth-order valence-corrected chi connectivity index (χ4v) is 1.13. The van der Waals surface area contributed by atoms with Gasteiger partial charge in [-0.1, -0.05) is 18.2 Å². The highest BCUT2D eigenvalue weighted by Gasteiger charge is 2.02. The zero-order valence-electron chi connectivity index (χ0n) is 6.82. The second-order valence-corrected chi connectivity index (χ2v) is 2.67. The van der Waals surface area contributed by atoms with Crippen LogP contribution in [0.4, 0.5) is 0 Å². The molecule has 1 radical (unpaired) electrons. The Hall–Kier alpha value is -1.90. The number of nitrogens with zero attached hydrogens (tertiary/aromatic N) is 1. The van der Waals surface area contributed by atoms with Crippen molar-refractivity contribution in [2.45, 2.75) is 0 Å². The molecule has 3 heteroatoms. The monoisotopic (exact) mass is 171 g/mol. The second kappa shape index (κ2) is 2.86. The van der Waals surface area contributed by atoms with E-state index in [1.54, 1.807) is 0 Å². The Morgan fingerprint density at radius 3 is 2.92 bits per heavy atom. The average Bonchev–Trinajstić information content (AvgIpc) is 2.17. The van der Waals surface area contributed by atoms with E-state index in [0.29, 0.717) is 0 Å². The lowest BCUT2D eigenvalue weighted by molar-refractivity contribution is 0.0996. The van der Waals surface area contributed by atoms with Crippen molar-refractivity contribution in [3.8, 4) is 0 Å². The van der Waals surface area contributed by atoms with E-state index in [9.17, 15) is 4.79 Å². The van der Waals surface area contributed by atoms with Crippen LogP contribution in [0.3, 0.4) is 0 Å². The third-order valence-corrected chi connectivity index (χ3v) is 1.76. The lowest BCUT2D eigenvalue weighted by Crippen LogP contribution is -2.12. The Bertz CT molecular complexity index is 465. The molecule has 0 aliphatic carbocycles. The van der Waals surface area contributed by atoms with Crippen molar-refractivity contribution in [3.63, 3.8) is 0 Å². The number of hydrogen-bond acceptors (Lipinski definition) is 2. The summed E-state index contributed by atoms with van der Waals surface area (Å²) in [7, 11) is 0. The van der Waals surface area contributed by atoms with E-state index in [-0.39, 0.29) is 5.69 Å². The van der Waals surface area contributed by atoms with E-state index in [1.807, 2.05) is 24.3 Å². The summed E-state index contributed by atoms with van der Waals surface area (Å²) in [6.45, 7) is 0. The standard InChI is InChI=1S/C10H7N2O/c11-10(13)9-6-5-7-3-1-2-4-8(7)12-9/h1-4,6H,(H2,11,13). The van der Waals surface area contributed by atoms with Crippen molar-refractivity contribution < 1.29 is 4.79 Å². The summed E-state index contributed by atoms with van der Waals surface area (Å²) in [6, 6.07) is 11.9. The summed E-state index contributed by atoms with van der Waals surface area (Å²) in [5.74, 6) is -0.526. The first-order chi connectivity index (χ1) is 6.27. The van der Waals surface area contributed by atoms with E-state index >= 15 is 0 Å². The smallest absolute Gasteiger partial charge is 0.267 e. The molecule has 0 saturated carbocycles. The molecule has 0 bridgehead atoms. The first-order valence-corrected chi connectivity index (χ1v) is 3.84. The van der Waals surface area contributed by atoms with E-state index in [2.05, 4.69) is 11.1 Å². The Morgan fingerprint density at radius 1 is 1.38 bits per heavy atom. The number of primary amides is 1. The zero-order chi connectivity index (χ0) is 9.26. The minimum absolute atomic E-state index is 0.249. The third kappa shape index (κ3) is 1.36. The number of nitrogens with two attached hydrogens (primary N) is 1. The number of hydrogen-bond donors (Lipinski definition) is 1. The quantitative estimate of drug-likeness (QED) is 0.699. The molecule has 2 N–H and O–H groups in total. The SMILES string of the molecule is NC(=O)c1c[c]c2ccccc2n1. The highest BCUT2D eigenvalue weighted by Crippen LogP contribution is 2.10. The lowest BCUT2D eigenvalue weighted by atomic mass is 10.2. The molecule has 0 aliphatic rings. The molecule has 1 aromatic heterocycles. The van der Waals surface area contributed by atoms with Crippen molar-refractivity contribution >= 4 is 16.8 Å². The maximum Gasteiger partial charge on any atom is 0.267 e. The summed E-state index contributed by atoms with van der Waals surface area (Å²) >= 11 is 0. The summed E-state index contributed by atoms with van der Waals surface area (Å²) in [5.41, 5.74) is 6.07. The van der Waals surface area contributed by atoms with Crippen LogP contribution in [0.15, 0.2) is 30.3 Å². The van der Waals surface area contributed by atoms with Gasteiger partial charge in [0.05, 0.1) is 5.52 Å². The molecule has 0 fully saturated rings. The fourth-order valence-electron chi connectivity index (χ4n) is 1.13. The van der Waals surface area contributed by atoms with Gasteiger partial charge >= 0.3 is 0 Å². The van der Waals surface area contributed by atoms with E-state index in [1.165, 1.54) is 6.07 Å². The van der Waals surface area contributed by atoms with E-state index in [0.717, 1.165) is 10.9 Å². The Kier molecular flexibility index (Phi) is 1.70. The van der Waals surface area contributed by atoms with Crippen LogP contribution in [0.1, 0.15) is 10.5 Å². The van der Waals surface area contributed by atoms with Crippen molar-refractivity contribution in [2.75, 3.05) is 0 Å². The number of fused-ring (bicyclic) bond motifs is 1. The number of para-hydroxylation sites is 1. The molecular weight excluding hydrogens is 164 g/mol. The van der Waals surface area contributed by atoms with Gasteiger partial charge in [0, 0.05) is 5.39 Å². The Morgan fingerprint density at radius 2 is 2.15 bits per heavy atom. The minimum atomic E-state index is -0.526. The summed E-state index contributed by atoms with van der Waals surface area (Å²) in [6.07, 6.45) is 0. The summed E-state index contributed by atoms with van der Waals surface area (Å²) < 4.78 is 0. The van der Waals surface area contributed by atoms with Gasteiger partial charge < -0.3 is 5.73 Å². The average molecular weight is 171 g/mol. The largest absolute Gasteiger partial charge is 0.364 e. The third-order valence-electron chi connectivity index (χ3n) is 1.76. The molecule has 1 aromatic carbocycles. The van der Waals surface area contributed by atoms with Crippen LogP contribution in [-0.4, -0.2) is 10.9 Å². The minimum Gasteiger partial charge on any atom is -0.364 e. The molecule has 3 nitrogen and oxygen atoms in total. The van der Waals surface area contributed by atoms with Crippen molar-refractivity contribution in [1.82, 2.24) is 4.98 Å². The molecule has 0 spiro atoms. The van der Waals surface area contributed by atoms with Crippen LogP contribution in [0, 0.1) is 6.07 Å². The predicted molar refractivity (Wildman–Crippen MR) is 49.1 cm³/mol. The van der Waals surface area contributed by atoms with Gasteiger partial charge in [0.25, 0.3) is 5.91 Å². The van der Waals surface area contributed by atoms with Gasteiger partial charge in [-0.15, -0.1) is 0 Å². The van der Waals surface area contributed by atoms with E-state index in [4.69, 9.17) is 5.73 Å². The number of aromatic nitrogens is 1. The van der Waals surface area contributed by atoms with Gasteiger partial charge in [-0.05, 0) is 18.2 Å². The molecule has 63 valence electrons. The summed E-state index contributed by atoms with van der Waals surface area (Å²) in [4.78, 5) is 14.9. The molecule has 0 aliphatic heterocycles. The van der Waals surface area contributed by atoms with Crippen molar-refractivity contribution in [1.29, 1.82) is 0 Å². The molecule has 1 heterocycles. The maximum atomic E-state index is 10.8. The zero-order valence-corrected chi connectivity index (χ0v) is 6.82. The highest BCUT2D eigenvalue weighted by atomic mass is 16.1. The molecular formula is C10H7N2O. The van der Waals surface area contributed by atoms with Crippen LogP contribution in [-0.2, 0) is 0 Å². The number of amides is 1. The van der Waals surface area contributed by atoms with Crippen molar-refractivity contribution in [3.05, 3.63) is 42.1 Å². The molecule has 0 atom stereocenters. The Labute approximate surface area is 75.2 Å². The van der Waals surface area contributed by atoms with Crippen LogP contribution in [0.2, 0.25) is 0 Å². The number of rotatable bonds is 1. The number of carbonyl (C=O) groups excluding carboxylic acids is 1. The van der Waals surface area contributed by atoms with Gasteiger partial charge in [0.2, 0.25) is 0 Å². The van der Waals surface area contributed by atoms with Crippen LogP contribution in [0.5, 0.6) is 0 Å². The molecule has 13 heavy (non-hydrogen) atoms. The number of carbonyl (C=O) groups is 1. The van der Waals surface area contributed by atoms with Crippen LogP contribution >= 0.6 is 0 Å². The van der Waals surface area contributed by atoms with Gasteiger partial charge in [0.1, 0.15) is 5.69 Å². The first kappa shape index (κ1) is 7.73. The molecule has 0 saturated heterocycles. The number of benzene rings is 1. The highest BCUT2D eigenvalue weighted by molar-refractivity contribution is 5.93. The van der Waals surface area contributed by atoms with Crippen molar-refractivity contribution in [2.24, 2.45) is 5.73 Å². The Balaban J connectivity index is 2.69. The predicted octanol–water partition coefficient (Wildman–Crippen LogP) is 1.13. The summed E-state index contributed by atoms with van der Waals surface area (Å²) in [5, 5.41) is 0.882. The second-order valence-electron chi connectivity index (χ2n) is 2.67. The van der Waals surface area contributed by atoms with Gasteiger partial charge in [-0.3, -0.25) is 4.79 Å². The van der Waals surface area contributed by atoms with Crippen LogP contribution < -0.4 is 5.73 Å². The molecule has 1 amide bonds. The van der Waals surface area contributed by atoms with Gasteiger partial charge in [-0.25, -0.2) is 4.98 Å². The first-order valence-electron chi connectivity index (χ1n) is 3.84. The number of pyridine rings is 1. The van der Waals surface area contributed by atoms with Gasteiger partial charge in [-0.2, -0.15) is 0 Å². The van der Waals surface area contributed by atoms with E-state index < -0.39 is 5.91 Å². The molecule has 2 rings (SSSR count). The molecule has 0 unspecified atom stereocenters.